The molecular formula is C10H12IN3O2. The molecule has 2 aliphatic heterocycles. The summed E-state index contributed by atoms with van der Waals surface area (Å²) in [5.41, 5.74) is 0. The van der Waals surface area contributed by atoms with E-state index in [0.717, 1.165) is 29.1 Å². The van der Waals surface area contributed by atoms with Crippen molar-refractivity contribution >= 4 is 28.4 Å². The first-order valence-corrected chi connectivity index (χ1v) is 6.31. The van der Waals surface area contributed by atoms with Crippen LogP contribution in [-0.4, -0.2) is 42.4 Å². The average Bonchev–Trinajstić information content (AvgIpc) is 2.89. The number of hydrogen-bond acceptors (Lipinski definition) is 5. The minimum absolute atomic E-state index is 0.378. The number of nitrogens with zero attached hydrogens (tertiary/aromatic N) is 3. The third-order valence-electron chi connectivity index (χ3n) is 3.04. The van der Waals surface area contributed by atoms with Gasteiger partial charge in [0.2, 0.25) is 0 Å². The average molecular weight is 333 g/mol. The van der Waals surface area contributed by atoms with Crippen molar-refractivity contribution in [1.82, 2.24) is 9.97 Å². The van der Waals surface area contributed by atoms with Crippen LogP contribution in [0.15, 0.2) is 6.07 Å². The van der Waals surface area contributed by atoms with E-state index in [1.165, 1.54) is 0 Å². The van der Waals surface area contributed by atoms with Crippen molar-refractivity contribution in [3.8, 4) is 6.01 Å². The fourth-order valence-corrected chi connectivity index (χ4v) is 2.79. The molecule has 2 aliphatic rings. The summed E-state index contributed by atoms with van der Waals surface area (Å²) in [5, 5.41) is 0. The zero-order valence-electron chi connectivity index (χ0n) is 8.89. The number of morpholine rings is 1. The molecule has 0 N–H and O–H groups in total. The molecule has 0 unspecified atom stereocenters. The van der Waals surface area contributed by atoms with Gasteiger partial charge in [-0.25, -0.2) is 0 Å². The second-order valence-electron chi connectivity index (χ2n) is 4.03. The van der Waals surface area contributed by atoms with Crippen LogP contribution in [0.25, 0.3) is 0 Å². The molecule has 1 aromatic rings. The molecule has 3 heterocycles. The predicted molar refractivity (Wildman–Crippen MR) is 66.8 cm³/mol. The molecule has 0 saturated carbocycles. The lowest BCUT2D eigenvalue weighted by atomic mass is 10.2. The Morgan fingerprint density at radius 3 is 3.06 bits per heavy atom. The Labute approximate surface area is 107 Å². The van der Waals surface area contributed by atoms with Gasteiger partial charge in [-0.2, -0.15) is 9.97 Å². The van der Waals surface area contributed by atoms with E-state index in [9.17, 15) is 0 Å². The van der Waals surface area contributed by atoms with Gasteiger partial charge >= 0.3 is 6.01 Å². The van der Waals surface area contributed by atoms with Gasteiger partial charge in [0.1, 0.15) is 9.52 Å². The van der Waals surface area contributed by atoms with Crippen LogP contribution in [0.5, 0.6) is 6.01 Å². The minimum atomic E-state index is 0.378. The summed E-state index contributed by atoms with van der Waals surface area (Å²) in [6.45, 7) is 1.74. The zero-order chi connectivity index (χ0) is 11.1. The number of hydrogen-bond donors (Lipinski definition) is 0. The van der Waals surface area contributed by atoms with Crippen molar-refractivity contribution in [2.24, 2.45) is 0 Å². The first-order chi connectivity index (χ1) is 7.76. The Bertz CT molecular complexity index is 415. The fourth-order valence-electron chi connectivity index (χ4n) is 2.30. The molecule has 3 rings (SSSR count). The highest BCUT2D eigenvalue weighted by Gasteiger charge is 2.39. The third kappa shape index (κ3) is 1.73. The lowest BCUT2D eigenvalue weighted by molar-refractivity contribution is 0.0988. The Morgan fingerprint density at radius 1 is 1.56 bits per heavy atom. The Kier molecular flexibility index (Phi) is 2.62. The topological polar surface area (TPSA) is 47.5 Å². The molecule has 5 nitrogen and oxygen atoms in total. The quantitative estimate of drug-likeness (QED) is 0.599. The van der Waals surface area contributed by atoms with Crippen LogP contribution >= 0.6 is 22.6 Å². The van der Waals surface area contributed by atoms with Gasteiger partial charge in [-0.1, -0.05) is 0 Å². The number of ether oxygens (including phenoxy) is 2. The second kappa shape index (κ2) is 3.99. The van der Waals surface area contributed by atoms with Gasteiger partial charge in [-0.05, 0) is 29.0 Å². The summed E-state index contributed by atoms with van der Waals surface area (Å²) >= 11 is 2.18. The number of fused-ring (bicyclic) bond motifs is 2. The van der Waals surface area contributed by atoms with Gasteiger partial charge < -0.3 is 14.4 Å². The summed E-state index contributed by atoms with van der Waals surface area (Å²) in [4.78, 5) is 10.9. The van der Waals surface area contributed by atoms with Gasteiger partial charge in [-0.15, -0.1) is 0 Å². The number of anilines is 1. The van der Waals surface area contributed by atoms with Crippen LogP contribution in [-0.2, 0) is 4.74 Å². The molecule has 2 saturated heterocycles. The molecule has 0 aromatic carbocycles. The molecule has 2 fully saturated rings. The van der Waals surface area contributed by atoms with Gasteiger partial charge in [0.15, 0.2) is 0 Å². The van der Waals surface area contributed by atoms with Crippen LogP contribution in [0.4, 0.5) is 5.82 Å². The Hall–Kier alpha value is -0.630. The summed E-state index contributed by atoms with van der Waals surface area (Å²) in [6, 6.07) is 2.90. The van der Waals surface area contributed by atoms with Gasteiger partial charge in [-0.3, -0.25) is 0 Å². The van der Waals surface area contributed by atoms with Crippen LogP contribution < -0.4 is 9.64 Å². The van der Waals surface area contributed by atoms with Crippen LogP contribution in [0.1, 0.15) is 6.42 Å². The molecule has 1 aromatic heterocycles. The first-order valence-electron chi connectivity index (χ1n) is 5.23. The van der Waals surface area contributed by atoms with Crippen molar-refractivity contribution in [1.29, 1.82) is 0 Å². The molecular weight excluding hydrogens is 321 g/mol. The first kappa shape index (κ1) is 10.5. The Balaban J connectivity index is 1.91. The van der Waals surface area contributed by atoms with Gasteiger partial charge in [0.05, 0.1) is 25.9 Å². The number of rotatable bonds is 2. The zero-order valence-corrected chi connectivity index (χ0v) is 11.0. The summed E-state index contributed by atoms with van der Waals surface area (Å²) < 4.78 is 11.6. The summed E-state index contributed by atoms with van der Waals surface area (Å²) in [5.74, 6) is 0.951. The molecule has 86 valence electrons. The Morgan fingerprint density at radius 2 is 2.44 bits per heavy atom. The molecule has 2 atom stereocenters. The lowest BCUT2D eigenvalue weighted by Gasteiger charge is -2.27. The van der Waals surface area contributed by atoms with Crippen molar-refractivity contribution in [2.75, 3.05) is 25.2 Å². The highest BCUT2D eigenvalue weighted by atomic mass is 127. The SMILES string of the molecule is COc1nc(I)cc(N2C[C@H]3C[C@@H]2CO3)n1. The fraction of sp³-hybridized carbons (Fsp3) is 0.600. The van der Waals surface area contributed by atoms with Crippen molar-refractivity contribution in [3.63, 3.8) is 0 Å². The van der Waals surface area contributed by atoms with E-state index in [4.69, 9.17) is 9.47 Å². The number of halogens is 1. The standard InChI is InChI=1S/C10H12IN3O2/c1-15-10-12-8(11)3-9(13-10)14-4-7-2-6(14)5-16-7/h3,6-7H,2,4-5H2,1H3/t6-,7-/m1/s1. The maximum absolute atomic E-state index is 5.57. The summed E-state index contributed by atoms with van der Waals surface area (Å²) in [6.07, 6.45) is 1.49. The van der Waals surface area contributed by atoms with E-state index in [2.05, 4.69) is 37.5 Å². The van der Waals surface area contributed by atoms with Crippen molar-refractivity contribution < 1.29 is 9.47 Å². The van der Waals surface area contributed by atoms with E-state index < -0.39 is 0 Å². The van der Waals surface area contributed by atoms with Crippen LogP contribution in [0.2, 0.25) is 0 Å². The molecule has 6 heteroatoms. The minimum Gasteiger partial charge on any atom is -0.467 e. The third-order valence-corrected chi connectivity index (χ3v) is 3.59. The van der Waals surface area contributed by atoms with Crippen LogP contribution in [0, 0.1) is 3.70 Å². The molecule has 2 bridgehead atoms. The van der Waals surface area contributed by atoms with Gasteiger partial charge in [0, 0.05) is 12.6 Å². The number of aromatic nitrogens is 2. The van der Waals surface area contributed by atoms with E-state index in [0.29, 0.717) is 18.2 Å². The van der Waals surface area contributed by atoms with E-state index in [-0.39, 0.29) is 0 Å². The van der Waals surface area contributed by atoms with E-state index in [1.807, 2.05) is 6.07 Å². The van der Waals surface area contributed by atoms with Crippen molar-refractivity contribution in [2.45, 2.75) is 18.6 Å². The maximum atomic E-state index is 5.57. The van der Waals surface area contributed by atoms with Crippen molar-refractivity contribution in [3.05, 3.63) is 9.77 Å². The molecule has 0 aliphatic carbocycles. The van der Waals surface area contributed by atoms with E-state index >= 15 is 0 Å². The largest absolute Gasteiger partial charge is 0.467 e. The summed E-state index contributed by atoms with van der Waals surface area (Å²) in [7, 11) is 1.59. The smallest absolute Gasteiger partial charge is 0.319 e. The predicted octanol–water partition coefficient (Wildman–Crippen LogP) is 1.07. The van der Waals surface area contributed by atoms with E-state index in [1.54, 1.807) is 7.11 Å². The maximum Gasteiger partial charge on any atom is 0.319 e. The second-order valence-corrected chi connectivity index (χ2v) is 5.14. The lowest BCUT2D eigenvalue weighted by Crippen LogP contribution is -2.37. The molecule has 16 heavy (non-hydrogen) atoms. The monoisotopic (exact) mass is 333 g/mol. The molecule has 0 spiro atoms. The molecule has 0 amide bonds. The highest BCUT2D eigenvalue weighted by molar-refractivity contribution is 14.1. The van der Waals surface area contributed by atoms with Gasteiger partial charge in [0.25, 0.3) is 0 Å². The normalized spacial score (nSPS) is 27.5. The van der Waals surface area contributed by atoms with Crippen LogP contribution in [0.3, 0.4) is 0 Å². The highest BCUT2D eigenvalue weighted by Crippen LogP contribution is 2.32. The number of methoxy groups -OCH3 is 1. The molecule has 0 radical (unpaired) electrons.